The summed E-state index contributed by atoms with van der Waals surface area (Å²) in [5, 5.41) is 1.53. The number of hydrogen-bond acceptors (Lipinski definition) is 4. The molecule has 0 fully saturated rings. The minimum atomic E-state index is -0.255. The number of rotatable bonds is 4. The number of amides is 1. The quantitative estimate of drug-likeness (QED) is 0.302. The van der Waals surface area contributed by atoms with E-state index in [-0.39, 0.29) is 12.5 Å². The number of benzene rings is 2. The lowest BCUT2D eigenvalue weighted by molar-refractivity contribution is 0.0985. The van der Waals surface area contributed by atoms with Gasteiger partial charge in [0.25, 0.3) is 5.91 Å². The van der Waals surface area contributed by atoms with Gasteiger partial charge in [0.1, 0.15) is 0 Å². The van der Waals surface area contributed by atoms with E-state index in [4.69, 9.17) is 28.2 Å². The molecule has 2 heterocycles. The molecule has 0 radical (unpaired) electrons. The third kappa shape index (κ3) is 4.16. The highest BCUT2D eigenvalue weighted by atomic mass is 79.9. The molecule has 0 aliphatic rings. The Morgan fingerprint density at radius 2 is 1.93 bits per heavy atom. The molecule has 0 aliphatic carbocycles. The molecule has 2 aromatic carbocycles. The molecule has 0 N–H and O–H groups in total. The largest absolute Gasteiger partial charge is 0.278 e. The number of fused-ring (bicyclic) bond motifs is 1. The molecule has 146 valence electrons. The van der Waals surface area contributed by atoms with Gasteiger partial charge in [-0.1, -0.05) is 62.6 Å². The fourth-order valence-electron chi connectivity index (χ4n) is 2.89. The molecule has 1 amide bonds. The number of halogens is 3. The van der Waals surface area contributed by atoms with E-state index in [1.54, 1.807) is 29.3 Å². The number of pyridine rings is 1. The molecule has 4 aromatic rings. The van der Waals surface area contributed by atoms with Crippen molar-refractivity contribution < 1.29 is 4.79 Å². The SMILES string of the molecule is Cc1ccc(Cl)c2sc(N(Cc3ccccn3)C(=O)c3cc(Br)ccc3Cl)nc12. The summed E-state index contributed by atoms with van der Waals surface area (Å²) >= 11 is 17.5. The van der Waals surface area contributed by atoms with Crippen molar-refractivity contribution in [1.82, 2.24) is 9.97 Å². The summed E-state index contributed by atoms with van der Waals surface area (Å²) in [6, 6.07) is 14.6. The van der Waals surface area contributed by atoms with Crippen molar-refractivity contribution in [2.45, 2.75) is 13.5 Å². The van der Waals surface area contributed by atoms with Gasteiger partial charge < -0.3 is 0 Å². The van der Waals surface area contributed by atoms with Crippen molar-refractivity contribution in [3.63, 3.8) is 0 Å². The molecule has 0 aliphatic heterocycles. The van der Waals surface area contributed by atoms with Gasteiger partial charge in [-0.3, -0.25) is 14.7 Å². The summed E-state index contributed by atoms with van der Waals surface area (Å²) in [5.74, 6) is -0.255. The second-order valence-corrected chi connectivity index (χ2v) is 9.08. The maximum absolute atomic E-state index is 13.5. The van der Waals surface area contributed by atoms with Crippen molar-refractivity contribution in [3.05, 3.63) is 86.1 Å². The number of thiazole rings is 1. The third-order valence-electron chi connectivity index (χ3n) is 4.37. The molecule has 2 aromatic heterocycles. The normalized spacial score (nSPS) is 11.0. The maximum Gasteiger partial charge on any atom is 0.261 e. The first-order chi connectivity index (χ1) is 13.9. The van der Waals surface area contributed by atoms with Crippen LogP contribution in [0.2, 0.25) is 10.0 Å². The zero-order chi connectivity index (χ0) is 20.5. The van der Waals surface area contributed by atoms with Crippen LogP contribution < -0.4 is 4.90 Å². The highest BCUT2D eigenvalue weighted by molar-refractivity contribution is 9.10. The van der Waals surface area contributed by atoms with Crippen molar-refractivity contribution in [3.8, 4) is 0 Å². The molecule has 0 atom stereocenters. The zero-order valence-corrected chi connectivity index (χ0v) is 19.1. The highest BCUT2D eigenvalue weighted by Gasteiger charge is 2.25. The van der Waals surface area contributed by atoms with Crippen LogP contribution in [0.5, 0.6) is 0 Å². The van der Waals surface area contributed by atoms with E-state index in [9.17, 15) is 4.79 Å². The highest BCUT2D eigenvalue weighted by Crippen LogP contribution is 2.37. The average Bonchev–Trinajstić information content (AvgIpc) is 3.18. The molecular formula is C21H14BrCl2N3OS. The van der Waals surface area contributed by atoms with E-state index in [1.165, 1.54) is 11.3 Å². The van der Waals surface area contributed by atoms with E-state index in [0.29, 0.717) is 20.7 Å². The van der Waals surface area contributed by atoms with Gasteiger partial charge in [0.2, 0.25) is 0 Å². The van der Waals surface area contributed by atoms with Gasteiger partial charge in [-0.15, -0.1) is 0 Å². The van der Waals surface area contributed by atoms with Crippen LogP contribution in [0, 0.1) is 6.92 Å². The van der Waals surface area contributed by atoms with Gasteiger partial charge in [0, 0.05) is 10.7 Å². The minimum Gasteiger partial charge on any atom is -0.278 e. The Morgan fingerprint density at radius 3 is 2.66 bits per heavy atom. The van der Waals surface area contributed by atoms with Crippen LogP contribution in [0.1, 0.15) is 21.6 Å². The zero-order valence-electron chi connectivity index (χ0n) is 15.2. The number of carbonyl (C=O) groups excluding carboxylic acids is 1. The third-order valence-corrected chi connectivity index (χ3v) is 6.73. The molecule has 29 heavy (non-hydrogen) atoms. The fraction of sp³-hybridized carbons (Fsp3) is 0.0952. The van der Waals surface area contributed by atoms with E-state index in [2.05, 4.69) is 20.9 Å². The summed E-state index contributed by atoms with van der Waals surface area (Å²) in [6.07, 6.45) is 1.70. The number of aromatic nitrogens is 2. The molecule has 0 saturated carbocycles. The second kappa shape index (κ2) is 8.40. The van der Waals surface area contributed by atoms with Gasteiger partial charge >= 0.3 is 0 Å². The van der Waals surface area contributed by atoms with E-state index in [0.717, 1.165) is 25.9 Å². The molecular weight excluding hydrogens is 493 g/mol. The van der Waals surface area contributed by atoms with Gasteiger partial charge in [0.05, 0.1) is 38.1 Å². The van der Waals surface area contributed by atoms with Crippen LogP contribution in [0.15, 0.2) is 59.2 Å². The van der Waals surface area contributed by atoms with Crippen molar-refractivity contribution in [2.24, 2.45) is 0 Å². The first kappa shape index (κ1) is 20.3. The van der Waals surface area contributed by atoms with Crippen molar-refractivity contribution in [2.75, 3.05) is 4.90 Å². The first-order valence-electron chi connectivity index (χ1n) is 8.66. The Morgan fingerprint density at radius 1 is 1.14 bits per heavy atom. The van der Waals surface area contributed by atoms with E-state index >= 15 is 0 Å². The smallest absolute Gasteiger partial charge is 0.261 e. The predicted molar refractivity (Wildman–Crippen MR) is 123 cm³/mol. The van der Waals surface area contributed by atoms with Crippen LogP contribution in [0.25, 0.3) is 10.2 Å². The van der Waals surface area contributed by atoms with Crippen LogP contribution in [0.3, 0.4) is 0 Å². The number of anilines is 1. The van der Waals surface area contributed by atoms with Crippen LogP contribution in [-0.2, 0) is 6.54 Å². The number of aryl methyl sites for hydroxylation is 1. The Balaban J connectivity index is 1.84. The van der Waals surface area contributed by atoms with Gasteiger partial charge in [0.15, 0.2) is 5.13 Å². The summed E-state index contributed by atoms with van der Waals surface area (Å²) in [6.45, 7) is 2.23. The van der Waals surface area contributed by atoms with Gasteiger partial charge in [-0.2, -0.15) is 0 Å². The van der Waals surface area contributed by atoms with Crippen LogP contribution in [-0.4, -0.2) is 15.9 Å². The maximum atomic E-state index is 13.5. The van der Waals surface area contributed by atoms with E-state index < -0.39 is 0 Å². The lowest BCUT2D eigenvalue weighted by atomic mass is 10.2. The van der Waals surface area contributed by atoms with Crippen LogP contribution in [0.4, 0.5) is 5.13 Å². The lowest BCUT2D eigenvalue weighted by Gasteiger charge is -2.20. The Labute approximate surface area is 190 Å². The summed E-state index contributed by atoms with van der Waals surface area (Å²) < 4.78 is 1.62. The monoisotopic (exact) mass is 505 g/mol. The molecule has 0 bridgehead atoms. The van der Waals surface area contributed by atoms with Crippen molar-refractivity contribution in [1.29, 1.82) is 0 Å². The molecule has 0 spiro atoms. The Bertz CT molecular complexity index is 1170. The van der Waals surface area contributed by atoms with Crippen molar-refractivity contribution >= 4 is 71.7 Å². The van der Waals surface area contributed by atoms with E-state index in [1.807, 2.05) is 37.3 Å². The molecule has 4 rings (SSSR count). The van der Waals surface area contributed by atoms with Gasteiger partial charge in [-0.25, -0.2) is 4.98 Å². The lowest BCUT2D eigenvalue weighted by Crippen LogP contribution is -2.31. The fourth-order valence-corrected chi connectivity index (χ4v) is 4.77. The molecule has 0 unspecified atom stereocenters. The Hall–Kier alpha value is -1.99. The molecule has 8 heteroatoms. The van der Waals surface area contributed by atoms with Crippen LogP contribution >= 0.6 is 50.5 Å². The average molecular weight is 507 g/mol. The number of hydrogen-bond donors (Lipinski definition) is 0. The topological polar surface area (TPSA) is 46.1 Å². The number of nitrogens with zero attached hydrogens (tertiary/aromatic N) is 3. The minimum absolute atomic E-state index is 0.255. The summed E-state index contributed by atoms with van der Waals surface area (Å²) in [5.41, 5.74) is 2.92. The standard InChI is InChI=1S/C21H14BrCl2N3OS/c1-12-5-7-17(24)19-18(12)26-21(29-19)27(11-14-4-2-3-9-25-14)20(28)15-10-13(22)6-8-16(15)23/h2-10H,11H2,1H3. The first-order valence-corrected chi connectivity index (χ1v) is 11.0. The molecule has 0 saturated heterocycles. The second-order valence-electron chi connectivity index (χ2n) is 6.37. The predicted octanol–water partition coefficient (Wildman–Crippen LogP) is 6.92. The summed E-state index contributed by atoms with van der Waals surface area (Å²) in [4.78, 5) is 24.2. The number of carbonyl (C=O) groups is 1. The summed E-state index contributed by atoms with van der Waals surface area (Å²) in [7, 11) is 0. The van der Waals surface area contributed by atoms with Gasteiger partial charge in [-0.05, 0) is 48.9 Å². The Kier molecular flexibility index (Phi) is 5.88. The molecule has 4 nitrogen and oxygen atoms in total.